The van der Waals surface area contributed by atoms with Crippen LogP contribution >= 0.6 is 0 Å². The second-order valence-corrected chi connectivity index (χ2v) is 4.53. The number of ether oxygens (including phenoxy) is 1. The van der Waals surface area contributed by atoms with Gasteiger partial charge in [0.25, 0.3) is 0 Å². The zero-order valence-corrected chi connectivity index (χ0v) is 10.2. The third-order valence-corrected chi connectivity index (χ3v) is 3.02. The van der Waals surface area contributed by atoms with E-state index in [2.05, 4.69) is 18.7 Å². The zero-order valence-electron chi connectivity index (χ0n) is 10.2. The van der Waals surface area contributed by atoms with Crippen molar-refractivity contribution in [1.29, 1.82) is 0 Å². The number of hydrogen-bond acceptors (Lipinski definition) is 3. The molecule has 0 amide bonds. The molecule has 1 fully saturated rings. The highest BCUT2D eigenvalue weighted by molar-refractivity contribution is 4.76. The fourth-order valence-electron chi connectivity index (χ4n) is 2.34. The maximum Gasteiger partial charge on any atom is 0.0702 e. The van der Waals surface area contributed by atoms with E-state index in [1.807, 2.05) is 0 Å². The van der Waals surface area contributed by atoms with E-state index in [9.17, 15) is 0 Å². The van der Waals surface area contributed by atoms with Crippen LogP contribution in [0.5, 0.6) is 0 Å². The summed E-state index contributed by atoms with van der Waals surface area (Å²) in [5, 5.41) is 0. The van der Waals surface area contributed by atoms with Crippen LogP contribution in [0, 0.1) is 0 Å². The minimum atomic E-state index is 0.343. The Bertz CT molecular complexity index is 160. The summed E-state index contributed by atoms with van der Waals surface area (Å²) >= 11 is 0. The molecule has 90 valence electrons. The monoisotopic (exact) mass is 214 g/mol. The second kappa shape index (κ2) is 7.20. The van der Waals surface area contributed by atoms with Gasteiger partial charge in [0.1, 0.15) is 0 Å². The molecule has 3 nitrogen and oxygen atoms in total. The number of rotatable bonds is 6. The summed E-state index contributed by atoms with van der Waals surface area (Å²) in [6, 6.07) is 0.343. The van der Waals surface area contributed by atoms with Gasteiger partial charge in [-0.15, -0.1) is 0 Å². The predicted octanol–water partition coefficient (Wildman–Crippen LogP) is 1.61. The lowest BCUT2D eigenvalue weighted by Gasteiger charge is -2.33. The van der Waals surface area contributed by atoms with Crippen molar-refractivity contribution in [3.05, 3.63) is 0 Å². The number of nitrogens with two attached hydrogens (primary N) is 1. The van der Waals surface area contributed by atoms with Crippen LogP contribution in [0.4, 0.5) is 0 Å². The molecule has 15 heavy (non-hydrogen) atoms. The molecule has 0 aliphatic carbocycles. The van der Waals surface area contributed by atoms with Gasteiger partial charge in [0.2, 0.25) is 0 Å². The largest absolute Gasteiger partial charge is 0.377 e. The summed E-state index contributed by atoms with van der Waals surface area (Å²) in [6.07, 6.45) is 5.23. The molecule has 2 unspecified atom stereocenters. The van der Waals surface area contributed by atoms with E-state index in [0.29, 0.717) is 12.1 Å². The molecule has 2 atom stereocenters. The lowest BCUT2D eigenvalue weighted by molar-refractivity contribution is 0.00436. The standard InChI is InChI=1S/C12H26N2O/c1-3-6-11(13)9-14-8-5-7-12(10-14)15-4-2/h11-12H,3-10,13H2,1-2H3. The van der Waals surface area contributed by atoms with Crippen LogP contribution in [-0.2, 0) is 4.74 Å². The molecule has 0 aromatic heterocycles. The highest BCUT2D eigenvalue weighted by atomic mass is 16.5. The molecule has 0 aromatic carbocycles. The number of likely N-dealkylation sites (tertiary alicyclic amines) is 1. The van der Waals surface area contributed by atoms with Gasteiger partial charge in [-0.25, -0.2) is 0 Å². The van der Waals surface area contributed by atoms with Crippen molar-refractivity contribution in [2.24, 2.45) is 5.73 Å². The average Bonchev–Trinajstić information content (AvgIpc) is 2.19. The lowest BCUT2D eigenvalue weighted by Crippen LogP contribution is -2.45. The third kappa shape index (κ3) is 4.96. The molecule has 0 saturated carbocycles. The molecule has 1 saturated heterocycles. The third-order valence-electron chi connectivity index (χ3n) is 3.02. The number of hydrogen-bond donors (Lipinski definition) is 1. The van der Waals surface area contributed by atoms with Gasteiger partial charge in [0.15, 0.2) is 0 Å². The van der Waals surface area contributed by atoms with Gasteiger partial charge in [0.05, 0.1) is 6.10 Å². The van der Waals surface area contributed by atoms with Crippen LogP contribution in [0.3, 0.4) is 0 Å². The Hall–Kier alpha value is -0.120. The van der Waals surface area contributed by atoms with Crippen molar-refractivity contribution in [2.75, 3.05) is 26.2 Å². The summed E-state index contributed by atoms with van der Waals surface area (Å²) in [6.45, 7) is 8.41. The Morgan fingerprint density at radius 2 is 2.27 bits per heavy atom. The minimum absolute atomic E-state index is 0.343. The highest BCUT2D eigenvalue weighted by Crippen LogP contribution is 2.13. The van der Waals surface area contributed by atoms with Gasteiger partial charge >= 0.3 is 0 Å². The number of piperidine rings is 1. The summed E-state index contributed by atoms with van der Waals surface area (Å²) in [4.78, 5) is 2.46. The summed E-state index contributed by atoms with van der Waals surface area (Å²) < 4.78 is 5.67. The Morgan fingerprint density at radius 1 is 1.47 bits per heavy atom. The Kier molecular flexibility index (Phi) is 6.22. The molecule has 1 aliphatic heterocycles. The predicted molar refractivity (Wildman–Crippen MR) is 64.0 cm³/mol. The Balaban J connectivity index is 2.23. The fourth-order valence-corrected chi connectivity index (χ4v) is 2.34. The van der Waals surface area contributed by atoms with Crippen LogP contribution in [0.2, 0.25) is 0 Å². The Morgan fingerprint density at radius 3 is 2.93 bits per heavy atom. The molecule has 3 heteroatoms. The second-order valence-electron chi connectivity index (χ2n) is 4.53. The topological polar surface area (TPSA) is 38.5 Å². The molecule has 1 aliphatic rings. The quantitative estimate of drug-likeness (QED) is 0.730. The van der Waals surface area contributed by atoms with Crippen molar-refractivity contribution in [2.45, 2.75) is 51.7 Å². The van der Waals surface area contributed by atoms with E-state index in [4.69, 9.17) is 10.5 Å². The molecule has 0 radical (unpaired) electrons. The van der Waals surface area contributed by atoms with E-state index in [-0.39, 0.29) is 0 Å². The smallest absolute Gasteiger partial charge is 0.0702 e. The molecule has 1 heterocycles. The van der Waals surface area contributed by atoms with E-state index in [0.717, 1.165) is 26.1 Å². The Labute approximate surface area is 94.0 Å². The molecule has 0 aromatic rings. The maximum atomic E-state index is 6.05. The van der Waals surface area contributed by atoms with E-state index in [1.54, 1.807) is 0 Å². The molecule has 0 spiro atoms. The molecule has 1 rings (SSSR count). The SMILES string of the molecule is CCCC(N)CN1CCCC(OCC)C1. The summed E-state index contributed by atoms with van der Waals surface area (Å²) in [5.41, 5.74) is 6.05. The minimum Gasteiger partial charge on any atom is -0.377 e. The van der Waals surface area contributed by atoms with Crippen LogP contribution in [0.25, 0.3) is 0 Å². The first kappa shape index (κ1) is 12.9. The normalized spacial score (nSPS) is 25.4. The van der Waals surface area contributed by atoms with Crippen molar-refractivity contribution in [3.8, 4) is 0 Å². The fraction of sp³-hybridized carbons (Fsp3) is 1.00. The highest BCUT2D eigenvalue weighted by Gasteiger charge is 2.20. The molecular weight excluding hydrogens is 188 g/mol. The van der Waals surface area contributed by atoms with Crippen molar-refractivity contribution < 1.29 is 4.74 Å². The van der Waals surface area contributed by atoms with Gasteiger partial charge < -0.3 is 10.5 Å². The molecule has 0 bridgehead atoms. The van der Waals surface area contributed by atoms with Gasteiger partial charge in [-0.1, -0.05) is 13.3 Å². The van der Waals surface area contributed by atoms with E-state index >= 15 is 0 Å². The van der Waals surface area contributed by atoms with Gasteiger partial charge in [-0.2, -0.15) is 0 Å². The van der Waals surface area contributed by atoms with Gasteiger partial charge in [-0.05, 0) is 32.7 Å². The summed E-state index contributed by atoms with van der Waals surface area (Å²) in [7, 11) is 0. The van der Waals surface area contributed by atoms with Gasteiger partial charge in [0, 0.05) is 25.7 Å². The van der Waals surface area contributed by atoms with Crippen molar-refractivity contribution in [3.63, 3.8) is 0 Å². The maximum absolute atomic E-state index is 6.05. The van der Waals surface area contributed by atoms with E-state index < -0.39 is 0 Å². The first-order valence-electron chi connectivity index (χ1n) is 6.35. The number of nitrogens with zero attached hydrogens (tertiary/aromatic N) is 1. The average molecular weight is 214 g/mol. The molecule has 2 N–H and O–H groups in total. The first-order chi connectivity index (χ1) is 7.26. The van der Waals surface area contributed by atoms with Crippen molar-refractivity contribution in [1.82, 2.24) is 4.90 Å². The molecular formula is C12H26N2O. The zero-order chi connectivity index (χ0) is 11.1. The van der Waals surface area contributed by atoms with Crippen LogP contribution in [0.15, 0.2) is 0 Å². The van der Waals surface area contributed by atoms with Crippen LogP contribution in [0.1, 0.15) is 39.5 Å². The van der Waals surface area contributed by atoms with Gasteiger partial charge in [-0.3, -0.25) is 4.90 Å². The van der Waals surface area contributed by atoms with E-state index in [1.165, 1.54) is 25.8 Å². The van der Waals surface area contributed by atoms with Crippen molar-refractivity contribution >= 4 is 0 Å². The summed E-state index contributed by atoms with van der Waals surface area (Å²) in [5.74, 6) is 0. The first-order valence-corrected chi connectivity index (χ1v) is 6.35. The van der Waals surface area contributed by atoms with Crippen LogP contribution in [-0.4, -0.2) is 43.3 Å². The lowest BCUT2D eigenvalue weighted by atomic mass is 10.1. The van der Waals surface area contributed by atoms with Crippen LogP contribution < -0.4 is 5.73 Å².